The number of hydrogen-bond donors (Lipinski definition) is 6. The van der Waals surface area contributed by atoms with Crippen LogP contribution in [-0.4, -0.2) is 58.6 Å². The minimum Gasteiger partial charge on any atom is -0.369 e. The van der Waals surface area contributed by atoms with Crippen molar-refractivity contribution in [2.45, 2.75) is 0 Å². The fourth-order valence-corrected chi connectivity index (χ4v) is 3.11. The Kier molecular flexibility index (Phi) is 5.80. The zero-order valence-corrected chi connectivity index (χ0v) is 18.8. The lowest BCUT2D eigenvalue weighted by Crippen LogP contribution is -2.15. The third-order valence-electron chi connectivity index (χ3n) is 4.86. The lowest BCUT2D eigenvalue weighted by molar-refractivity contribution is 0.876. The Hall–Kier alpha value is -5.35. The van der Waals surface area contributed by atoms with Gasteiger partial charge in [-0.3, -0.25) is 24.5 Å². The molecule has 6 aromatic rings. The molecule has 0 aromatic carbocycles. The van der Waals surface area contributed by atoms with Crippen LogP contribution in [0.3, 0.4) is 0 Å². The van der Waals surface area contributed by atoms with Gasteiger partial charge in [0.1, 0.15) is 5.52 Å². The number of rotatable bonds is 0. The molecule has 0 fully saturated rings. The standard InChI is InChI=1S/2C6H7N5O.C6H7N5/c1-11-2-8-4-3(11)5(12)10-6(7)9-4;1-11-4-3(8-2-9-4)5(12)10-6(11)7;1-11-3-10-5(7)4-6(11)9-2-8-4/h2H,1H3,(H3,7,9,10,12);2H,1H3,(H,8,9)(H2,7,10,12);2-3,7H,1H3,(H,8,9). The second kappa shape index (κ2) is 8.89. The lowest BCUT2D eigenvalue weighted by atomic mass is 10.5. The lowest BCUT2D eigenvalue weighted by Gasteiger charge is -2.00. The highest BCUT2D eigenvalue weighted by Crippen LogP contribution is 2.04. The molecule has 0 atom stereocenters. The molecule has 0 aliphatic heterocycles. The van der Waals surface area contributed by atoms with E-state index in [0.29, 0.717) is 27.8 Å². The van der Waals surface area contributed by atoms with Gasteiger partial charge in [-0.05, 0) is 0 Å². The number of imidazole rings is 3. The first-order valence-electron chi connectivity index (χ1n) is 9.89. The summed E-state index contributed by atoms with van der Waals surface area (Å²) in [6, 6.07) is 0. The third kappa shape index (κ3) is 4.32. The Morgan fingerprint density at radius 2 is 1.51 bits per heavy atom. The van der Waals surface area contributed by atoms with E-state index in [1.165, 1.54) is 12.7 Å². The normalized spacial score (nSPS) is 10.7. The van der Waals surface area contributed by atoms with Crippen LogP contribution in [0.2, 0.25) is 0 Å². The number of H-pyrrole nitrogens is 3. The quantitative estimate of drug-likeness (QED) is 0.143. The molecule has 180 valence electrons. The van der Waals surface area contributed by atoms with Gasteiger partial charge in [-0.25, -0.2) is 19.9 Å². The van der Waals surface area contributed by atoms with E-state index in [0.717, 1.165) is 5.65 Å². The van der Waals surface area contributed by atoms with E-state index >= 15 is 0 Å². The maximum Gasteiger partial charge on any atom is 0.300 e. The average molecular weight is 479 g/mol. The summed E-state index contributed by atoms with van der Waals surface area (Å²) in [5.41, 5.74) is 13.5. The molecule has 17 nitrogen and oxygen atoms in total. The second-order valence-corrected chi connectivity index (χ2v) is 7.22. The topological polar surface area (TPSA) is 250 Å². The molecule has 0 radical (unpaired) electrons. The minimum absolute atomic E-state index is 0.0891. The highest BCUT2D eigenvalue weighted by Gasteiger charge is 2.07. The van der Waals surface area contributed by atoms with Crippen molar-refractivity contribution in [3.05, 3.63) is 51.5 Å². The number of anilines is 2. The van der Waals surface area contributed by atoms with Crippen LogP contribution in [0.25, 0.3) is 33.5 Å². The molecule has 0 aliphatic rings. The molecule has 0 spiro atoms. The van der Waals surface area contributed by atoms with Gasteiger partial charge in [0, 0.05) is 21.1 Å². The van der Waals surface area contributed by atoms with E-state index in [4.69, 9.17) is 16.9 Å². The molecule has 0 unspecified atom stereocenters. The molecule has 6 aromatic heterocycles. The molecule has 0 saturated carbocycles. The van der Waals surface area contributed by atoms with Crippen molar-refractivity contribution in [1.29, 1.82) is 5.41 Å². The zero-order valence-electron chi connectivity index (χ0n) is 18.8. The van der Waals surface area contributed by atoms with Gasteiger partial charge in [-0.15, -0.1) is 0 Å². The smallest absolute Gasteiger partial charge is 0.300 e. The fraction of sp³-hybridized carbons (Fsp3) is 0.167. The van der Waals surface area contributed by atoms with Gasteiger partial charge < -0.3 is 30.6 Å². The number of aromatic nitrogens is 12. The van der Waals surface area contributed by atoms with Crippen LogP contribution in [-0.2, 0) is 21.1 Å². The summed E-state index contributed by atoms with van der Waals surface area (Å²) in [5, 5.41) is 7.38. The summed E-state index contributed by atoms with van der Waals surface area (Å²) in [5.74, 6) is 0.255. The maximum atomic E-state index is 11.2. The van der Waals surface area contributed by atoms with Crippen molar-refractivity contribution in [3.63, 3.8) is 0 Å². The maximum absolute atomic E-state index is 11.2. The van der Waals surface area contributed by atoms with Crippen LogP contribution < -0.4 is 28.1 Å². The number of nitrogens with one attached hydrogen (secondary N) is 4. The number of aromatic amines is 3. The number of hydrogen-bond acceptors (Lipinski definition) is 11. The van der Waals surface area contributed by atoms with Crippen molar-refractivity contribution < 1.29 is 0 Å². The molecule has 6 rings (SSSR count). The van der Waals surface area contributed by atoms with E-state index in [1.807, 2.05) is 7.05 Å². The number of aryl methyl sites for hydroxylation is 3. The van der Waals surface area contributed by atoms with Crippen LogP contribution in [0.4, 0.5) is 11.9 Å². The molecular weight excluding hydrogens is 458 g/mol. The van der Waals surface area contributed by atoms with Crippen LogP contribution in [0.5, 0.6) is 0 Å². The molecule has 0 saturated heterocycles. The van der Waals surface area contributed by atoms with Crippen molar-refractivity contribution in [2.75, 3.05) is 11.5 Å². The van der Waals surface area contributed by atoms with E-state index < -0.39 is 0 Å². The fourth-order valence-electron chi connectivity index (χ4n) is 3.11. The summed E-state index contributed by atoms with van der Waals surface area (Å²) >= 11 is 0. The van der Waals surface area contributed by atoms with Gasteiger partial charge in [0.25, 0.3) is 5.56 Å². The first kappa shape index (κ1) is 22.8. The first-order valence-corrected chi connectivity index (χ1v) is 9.89. The Morgan fingerprint density at radius 1 is 0.857 bits per heavy atom. The average Bonchev–Trinajstić information content (AvgIpc) is 3.56. The van der Waals surface area contributed by atoms with E-state index in [9.17, 15) is 9.59 Å². The number of nitrogen functional groups attached to an aromatic ring is 2. The zero-order chi connectivity index (χ0) is 25.3. The van der Waals surface area contributed by atoms with Crippen LogP contribution in [0, 0.1) is 5.41 Å². The van der Waals surface area contributed by atoms with E-state index in [1.54, 1.807) is 40.5 Å². The SMILES string of the molecule is Cn1c(N)nc(=O)c2[nH]cnc21.Cn1cnc(=N)c2[nH]cnc21.Cn1cnc2nc(N)[nH]c(=O)c21. The Balaban J connectivity index is 0.000000124. The van der Waals surface area contributed by atoms with E-state index in [-0.39, 0.29) is 28.5 Å². The van der Waals surface area contributed by atoms with Crippen molar-refractivity contribution in [2.24, 2.45) is 21.1 Å². The van der Waals surface area contributed by atoms with Gasteiger partial charge in [-0.2, -0.15) is 9.97 Å². The van der Waals surface area contributed by atoms with Crippen molar-refractivity contribution in [3.8, 4) is 0 Å². The molecule has 17 heteroatoms. The van der Waals surface area contributed by atoms with Gasteiger partial charge in [0.15, 0.2) is 33.5 Å². The van der Waals surface area contributed by atoms with Gasteiger partial charge >= 0.3 is 5.56 Å². The molecule has 8 N–H and O–H groups in total. The Morgan fingerprint density at radius 3 is 2.23 bits per heavy atom. The predicted octanol–water partition coefficient (Wildman–Crippen LogP) is -1.75. The summed E-state index contributed by atoms with van der Waals surface area (Å²) in [7, 11) is 5.27. The summed E-state index contributed by atoms with van der Waals surface area (Å²) in [4.78, 5) is 53.4. The highest BCUT2D eigenvalue weighted by molar-refractivity contribution is 5.71. The van der Waals surface area contributed by atoms with Crippen molar-refractivity contribution in [1.82, 2.24) is 58.6 Å². The van der Waals surface area contributed by atoms with Crippen LogP contribution in [0.1, 0.15) is 0 Å². The largest absolute Gasteiger partial charge is 0.369 e. The molecule has 0 bridgehead atoms. The number of fused-ring (bicyclic) bond motifs is 3. The summed E-state index contributed by atoms with van der Waals surface area (Å²) in [6.45, 7) is 0. The van der Waals surface area contributed by atoms with Crippen molar-refractivity contribution >= 4 is 45.4 Å². The second-order valence-electron chi connectivity index (χ2n) is 7.22. The van der Waals surface area contributed by atoms with Gasteiger partial charge in [-0.1, -0.05) is 0 Å². The van der Waals surface area contributed by atoms with E-state index in [2.05, 4.69) is 44.9 Å². The Bertz CT molecular complexity index is 1830. The minimum atomic E-state index is -0.377. The molecular formula is C18H21N15O2. The molecule has 6 heterocycles. The number of nitrogens with zero attached hydrogens (tertiary/aromatic N) is 9. The third-order valence-corrected chi connectivity index (χ3v) is 4.86. The first-order chi connectivity index (χ1) is 16.7. The number of nitrogens with two attached hydrogens (primary N) is 2. The molecule has 0 amide bonds. The Labute approximate surface area is 194 Å². The molecule has 0 aliphatic carbocycles. The highest BCUT2D eigenvalue weighted by atomic mass is 16.1. The van der Waals surface area contributed by atoms with Gasteiger partial charge in [0.2, 0.25) is 11.9 Å². The monoisotopic (exact) mass is 479 g/mol. The molecule has 35 heavy (non-hydrogen) atoms. The summed E-state index contributed by atoms with van der Waals surface area (Å²) in [6.07, 6.45) is 6.09. The predicted molar refractivity (Wildman–Crippen MR) is 126 cm³/mol. The van der Waals surface area contributed by atoms with Gasteiger partial charge in [0.05, 0.1) is 25.3 Å². The summed E-state index contributed by atoms with van der Waals surface area (Å²) < 4.78 is 4.91. The van der Waals surface area contributed by atoms with Crippen LogP contribution in [0.15, 0.2) is 34.9 Å². The van der Waals surface area contributed by atoms with Crippen LogP contribution >= 0.6 is 0 Å².